The lowest BCUT2D eigenvalue weighted by atomic mass is 9.89. The Bertz CT molecular complexity index is 1080. The second kappa shape index (κ2) is 9.33. The highest BCUT2D eigenvalue weighted by molar-refractivity contribution is 7.99. The summed E-state index contributed by atoms with van der Waals surface area (Å²) in [5, 5.41) is 13.7. The largest absolute Gasteiger partial charge is 0.337 e. The van der Waals surface area contributed by atoms with E-state index in [1.54, 1.807) is 22.8 Å². The molecule has 1 N–H and O–H groups in total. The lowest BCUT2D eigenvalue weighted by Gasteiger charge is -2.27. The van der Waals surface area contributed by atoms with Crippen LogP contribution < -0.4 is 10.9 Å². The van der Waals surface area contributed by atoms with E-state index in [-0.39, 0.29) is 29.1 Å². The quantitative estimate of drug-likeness (QED) is 0.489. The molecule has 8 heteroatoms. The van der Waals surface area contributed by atoms with Crippen LogP contribution in [-0.4, -0.2) is 26.8 Å². The standard InChI is InChI=1S/C23H32N4O2S2/c1-13(2)10-27-21(29)19-16-8-7-15(5)9-17(16)31-20(19)25-22(27)30-11-18(28)26-23(6,12-24)14(3)4/h13-15H,7-11H2,1-6H3,(H,26,28). The van der Waals surface area contributed by atoms with E-state index in [0.717, 1.165) is 29.5 Å². The minimum atomic E-state index is -0.921. The minimum absolute atomic E-state index is 0.0118. The van der Waals surface area contributed by atoms with Crippen LogP contribution in [0, 0.1) is 29.1 Å². The van der Waals surface area contributed by atoms with Crippen LogP contribution in [0.2, 0.25) is 0 Å². The van der Waals surface area contributed by atoms with Crippen molar-refractivity contribution in [2.24, 2.45) is 17.8 Å². The SMILES string of the molecule is CC(C)Cn1c(SCC(=O)NC(C)(C#N)C(C)C)nc2sc3c(c2c1=O)CCC(C)C3. The monoisotopic (exact) mass is 460 g/mol. The molecule has 0 bridgehead atoms. The molecule has 0 saturated heterocycles. The summed E-state index contributed by atoms with van der Waals surface area (Å²) in [5.41, 5.74) is 0.276. The van der Waals surface area contributed by atoms with E-state index in [2.05, 4.69) is 32.2 Å². The summed E-state index contributed by atoms with van der Waals surface area (Å²) in [6, 6.07) is 2.20. The maximum atomic E-state index is 13.5. The number of carbonyl (C=O) groups excluding carboxylic acids is 1. The highest BCUT2D eigenvalue weighted by Gasteiger charge is 2.30. The van der Waals surface area contributed by atoms with Crippen molar-refractivity contribution >= 4 is 39.2 Å². The van der Waals surface area contributed by atoms with E-state index in [9.17, 15) is 14.9 Å². The molecule has 6 nitrogen and oxygen atoms in total. The zero-order valence-electron chi connectivity index (χ0n) is 19.2. The van der Waals surface area contributed by atoms with E-state index in [1.165, 1.54) is 22.2 Å². The van der Waals surface area contributed by atoms with Gasteiger partial charge >= 0.3 is 0 Å². The lowest BCUT2D eigenvalue weighted by molar-refractivity contribution is -0.120. The van der Waals surface area contributed by atoms with Crippen molar-refractivity contribution in [3.05, 3.63) is 20.8 Å². The minimum Gasteiger partial charge on any atom is -0.337 e. The van der Waals surface area contributed by atoms with E-state index < -0.39 is 5.54 Å². The van der Waals surface area contributed by atoms with Gasteiger partial charge in [-0.1, -0.05) is 46.4 Å². The van der Waals surface area contributed by atoms with Gasteiger partial charge in [-0.3, -0.25) is 14.2 Å². The van der Waals surface area contributed by atoms with Gasteiger partial charge in [-0.05, 0) is 49.5 Å². The van der Waals surface area contributed by atoms with Gasteiger partial charge in [0, 0.05) is 11.4 Å². The van der Waals surface area contributed by atoms with Gasteiger partial charge < -0.3 is 5.32 Å². The van der Waals surface area contributed by atoms with Gasteiger partial charge in [0.25, 0.3) is 5.56 Å². The highest BCUT2D eigenvalue weighted by atomic mass is 32.2. The molecule has 168 valence electrons. The molecular weight excluding hydrogens is 428 g/mol. The third kappa shape index (κ3) is 4.98. The van der Waals surface area contributed by atoms with Crippen LogP contribution >= 0.6 is 23.1 Å². The maximum absolute atomic E-state index is 13.5. The first-order valence-corrected chi connectivity index (χ1v) is 12.8. The van der Waals surface area contributed by atoms with Gasteiger partial charge in [-0.25, -0.2) is 4.98 Å². The second-order valence-corrected chi connectivity index (χ2v) is 11.6. The Morgan fingerprint density at radius 2 is 2.13 bits per heavy atom. The predicted octanol–water partition coefficient (Wildman–Crippen LogP) is 4.39. The number of rotatable bonds is 7. The summed E-state index contributed by atoms with van der Waals surface area (Å²) in [4.78, 5) is 33.0. The number of nitriles is 1. The first-order valence-electron chi connectivity index (χ1n) is 11.0. The molecule has 0 aliphatic heterocycles. The zero-order chi connectivity index (χ0) is 22.9. The molecule has 1 aliphatic rings. The van der Waals surface area contributed by atoms with Crippen LogP contribution in [0.3, 0.4) is 0 Å². The van der Waals surface area contributed by atoms with E-state index in [0.29, 0.717) is 17.6 Å². The highest BCUT2D eigenvalue weighted by Crippen LogP contribution is 2.36. The van der Waals surface area contributed by atoms with Crippen LogP contribution in [0.4, 0.5) is 0 Å². The van der Waals surface area contributed by atoms with Gasteiger partial charge in [-0.2, -0.15) is 5.26 Å². The summed E-state index contributed by atoms with van der Waals surface area (Å²) in [6.45, 7) is 12.5. The fourth-order valence-electron chi connectivity index (χ4n) is 3.80. The number of hydrogen-bond acceptors (Lipinski definition) is 6. The number of nitrogens with zero attached hydrogens (tertiary/aromatic N) is 3. The number of fused-ring (bicyclic) bond motifs is 3. The van der Waals surface area contributed by atoms with Crippen molar-refractivity contribution in [2.45, 2.75) is 78.0 Å². The molecule has 2 aromatic rings. The summed E-state index contributed by atoms with van der Waals surface area (Å²) >= 11 is 2.90. The molecule has 0 fully saturated rings. The van der Waals surface area contributed by atoms with Crippen molar-refractivity contribution < 1.29 is 4.79 Å². The number of aryl methyl sites for hydroxylation is 1. The van der Waals surface area contributed by atoms with E-state index >= 15 is 0 Å². The first kappa shape index (κ1) is 23.8. The number of nitrogens with one attached hydrogen (secondary N) is 1. The summed E-state index contributed by atoms with van der Waals surface area (Å²) in [5.74, 6) is 0.781. The Morgan fingerprint density at radius 1 is 1.42 bits per heavy atom. The summed E-state index contributed by atoms with van der Waals surface area (Å²) in [7, 11) is 0. The number of carbonyl (C=O) groups is 1. The van der Waals surface area contributed by atoms with E-state index in [4.69, 9.17) is 4.98 Å². The lowest BCUT2D eigenvalue weighted by Crippen LogP contribution is -2.49. The average molecular weight is 461 g/mol. The van der Waals surface area contributed by atoms with Crippen LogP contribution in [0.15, 0.2) is 9.95 Å². The Hall–Kier alpha value is -1.85. The van der Waals surface area contributed by atoms with Crippen LogP contribution in [0.25, 0.3) is 10.2 Å². The maximum Gasteiger partial charge on any atom is 0.263 e. The van der Waals surface area contributed by atoms with Gasteiger partial charge in [0.2, 0.25) is 5.91 Å². The smallest absolute Gasteiger partial charge is 0.263 e. The Kier molecular flexibility index (Phi) is 7.17. The van der Waals surface area contributed by atoms with E-state index in [1.807, 2.05) is 13.8 Å². The van der Waals surface area contributed by atoms with Crippen LogP contribution in [-0.2, 0) is 24.2 Å². The predicted molar refractivity (Wildman–Crippen MR) is 128 cm³/mol. The molecule has 2 heterocycles. The molecule has 0 spiro atoms. The average Bonchev–Trinajstić information content (AvgIpc) is 3.05. The topological polar surface area (TPSA) is 87.8 Å². The molecule has 0 radical (unpaired) electrons. The Morgan fingerprint density at radius 3 is 2.74 bits per heavy atom. The Balaban J connectivity index is 1.93. The number of aromatic nitrogens is 2. The first-order chi connectivity index (χ1) is 14.6. The molecule has 0 saturated carbocycles. The molecule has 2 aromatic heterocycles. The number of thiophene rings is 1. The fraction of sp³-hybridized carbons (Fsp3) is 0.652. The van der Waals surface area contributed by atoms with Crippen molar-refractivity contribution in [1.29, 1.82) is 5.26 Å². The normalized spacial score (nSPS) is 18.1. The van der Waals surface area contributed by atoms with Gasteiger partial charge in [0.05, 0.1) is 17.2 Å². The molecular formula is C23H32N4O2S2. The van der Waals surface area contributed by atoms with Gasteiger partial charge in [0.1, 0.15) is 10.4 Å². The molecule has 3 rings (SSSR count). The number of amides is 1. The van der Waals surface area contributed by atoms with Gasteiger partial charge in [0.15, 0.2) is 5.16 Å². The van der Waals surface area contributed by atoms with Crippen molar-refractivity contribution in [2.75, 3.05) is 5.75 Å². The van der Waals surface area contributed by atoms with Gasteiger partial charge in [-0.15, -0.1) is 11.3 Å². The molecule has 0 aromatic carbocycles. The summed E-state index contributed by atoms with van der Waals surface area (Å²) in [6.07, 6.45) is 3.05. The Labute approximate surface area is 192 Å². The second-order valence-electron chi connectivity index (χ2n) is 9.54. The molecule has 1 amide bonds. The third-order valence-corrected chi connectivity index (χ3v) is 8.17. The number of hydrogen-bond donors (Lipinski definition) is 1. The molecule has 1 aliphatic carbocycles. The zero-order valence-corrected chi connectivity index (χ0v) is 20.9. The fourth-order valence-corrected chi connectivity index (χ4v) is 6.03. The van der Waals surface area contributed by atoms with Crippen molar-refractivity contribution in [1.82, 2.24) is 14.9 Å². The van der Waals surface area contributed by atoms with Crippen LogP contribution in [0.1, 0.15) is 58.4 Å². The van der Waals surface area contributed by atoms with Crippen LogP contribution in [0.5, 0.6) is 0 Å². The summed E-state index contributed by atoms with van der Waals surface area (Å²) < 4.78 is 1.74. The molecule has 2 atom stereocenters. The molecule has 31 heavy (non-hydrogen) atoms. The van der Waals surface area contributed by atoms with Crippen molar-refractivity contribution in [3.8, 4) is 6.07 Å². The number of thioether (sulfide) groups is 1. The third-order valence-electron chi connectivity index (χ3n) is 6.05. The molecule has 2 unspecified atom stereocenters. The van der Waals surface area contributed by atoms with Crippen molar-refractivity contribution in [3.63, 3.8) is 0 Å².